The molecule has 11 aromatic rings. The normalized spacial score (nSPS) is 15.5. The zero-order valence-corrected chi connectivity index (χ0v) is 31.5. The summed E-state index contributed by atoms with van der Waals surface area (Å²) >= 11 is 0. The highest BCUT2D eigenvalue weighted by Gasteiger charge is 2.41. The van der Waals surface area contributed by atoms with Gasteiger partial charge in [-0.2, -0.15) is 0 Å². The predicted octanol–water partition coefficient (Wildman–Crippen LogP) is 11.1. The van der Waals surface area contributed by atoms with Gasteiger partial charge in [-0.1, -0.05) is 170 Å². The van der Waals surface area contributed by atoms with Gasteiger partial charge in [-0.3, -0.25) is 0 Å². The number of nitrogens with zero attached hydrogens (tertiary/aromatic N) is 2. The van der Waals surface area contributed by atoms with E-state index < -0.39 is 121 Å². The third-order valence-electron chi connectivity index (χ3n) is 10.8. The van der Waals surface area contributed by atoms with Gasteiger partial charge in [-0.15, -0.1) is 0 Å². The van der Waals surface area contributed by atoms with E-state index in [1.54, 1.807) is 6.07 Å². The molecule has 4 heteroatoms. The molecule has 0 N–H and O–H groups in total. The lowest BCUT2D eigenvalue weighted by molar-refractivity contribution is 0.627. The predicted molar refractivity (Wildman–Crippen MR) is 244 cm³/mol. The van der Waals surface area contributed by atoms with Crippen molar-refractivity contribution in [3.63, 3.8) is 0 Å². The summed E-state index contributed by atoms with van der Waals surface area (Å²) in [5, 5.41) is 3.27. The van der Waals surface area contributed by atoms with E-state index >= 15 is 4.39 Å². The van der Waals surface area contributed by atoms with Crippen LogP contribution in [0.15, 0.2) is 224 Å². The van der Waals surface area contributed by atoms with Crippen molar-refractivity contribution in [3.8, 4) is 22.5 Å². The number of hydrogen-bond acceptors (Lipinski definition) is 0. The molecule has 2 aromatic heterocycles. The lowest BCUT2D eigenvalue weighted by Gasteiger charge is -2.34. The summed E-state index contributed by atoms with van der Waals surface area (Å²) < 4.78 is 154. The molecule has 0 saturated carbocycles. The van der Waals surface area contributed by atoms with Crippen molar-refractivity contribution < 1.29 is 25.0 Å². The van der Waals surface area contributed by atoms with Gasteiger partial charge >= 0.3 is 0 Å². The van der Waals surface area contributed by atoms with Crippen LogP contribution in [-0.2, 0) is 0 Å². The first kappa shape index (κ1) is 21.9. The Morgan fingerprint density at radius 1 is 0.379 bits per heavy atom. The smallest absolute Gasteiger partial charge is 0.179 e. The van der Waals surface area contributed by atoms with Crippen molar-refractivity contribution in [2.75, 3.05) is 0 Å². The maximum atomic E-state index is 16.4. The van der Waals surface area contributed by atoms with E-state index in [4.69, 9.17) is 13.7 Å². The molecule has 9 aromatic carbocycles. The number of aromatic nitrogens is 2. The fourth-order valence-electron chi connectivity index (χ4n) is 8.37. The second-order valence-corrected chi connectivity index (χ2v) is 17.7. The van der Waals surface area contributed by atoms with Gasteiger partial charge in [0.1, 0.15) is 5.82 Å². The van der Waals surface area contributed by atoms with Crippen LogP contribution >= 0.6 is 0 Å². The molecule has 0 unspecified atom stereocenters. The summed E-state index contributed by atoms with van der Waals surface area (Å²) in [5.74, 6) is -0.747. The minimum Gasteiger partial charge on any atom is -0.309 e. The fraction of sp³-hybridized carbons (Fsp3) is 0. The van der Waals surface area contributed by atoms with Crippen molar-refractivity contribution >= 4 is 72.4 Å². The molecule has 274 valence electrons. The molecule has 0 amide bonds. The first-order valence-corrected chi connectivity index (χ1v) is 20.6. The Bertz CT molecular complexity index is 3970. The summed E-state index contributed by atoms with van der Waals surface area (Å²) in [7, 11) is -2.95. The Hall–Kier alpha value is -7.27. The molecular weight excluding hydrogens is 724 g/mol. The Kier molecular flexibility index (Phi) is 5.18. The number of hydrogen-bond donors (Lipinski definition) is 0. The van der Waals surface area contributed by atoms with Gasteiger partial charge in [-0.05, 0) is 86.3 Å². The van der Waals surface area contributed by atoms with Crippen molar-refractivity contribution in [1.29, 1.82) is 0 Å². The molecule has 0 radical (unpaired) electrons. The van der Waals surface area contributed by atoms with Gasteiger partial charge in [0.2, 0.25) is 0 Å². The van der Waals surface area contributed by atoms with E-state index in [1.807, 2.05) is 78.9 Å². The van der Waals surface area contributed by atoms with Crippen molar-refractivity contribution in [2.24, 2.45) is 0 Å². The van der Waals surface area contributed by atoms with E-state index in [2.05, 4.69) is 36.4 Å². The summed E-state index contributed by atoms with van der Waals surface area (Å²) in [4.78, 5) is 0. The average molecular weight is 776 g/mol. The van der Waals surface area contributed by atoms with Crippen molar-refractivity contribution in [3.05, 3.63) is 230 Å². The van der Waals surface area contributed by atoms with Crippen LogP contribution in [0, 0.1) is 5.82 Å². The fourth-order valence-corrected chi connectivity index (χ4v) is 13.1. The van der Waals surface area contributed by atoms with Crippen LogP contribution in [0.25, 0.3) is 66.1 Å². The molecular formula is C54H37FN2Si. The lowest BCUT2D eigenvalue weighted by Crippen LogP contribution is -2.74. The Balaban J connectivity index is 1.19. The molecule has 0 fully saturated rings. The van der Waals surface area contributed by atoms with Gasteiger partial charge in [-0.25, -0.2) is 4.39 Å². The van der Waals surface area contributed by atoms with Crippen LogP contribution in [0.1, 0.15) is 20.6 Å². The molecule has 11 rings (SSSR count). The first-order chi connectivity index (χ1) is 34.9. The second kappa shape index (κ2) is 13.7. The minimum absolute atomic E-state index is 0.00849. The summed E-state index contributed by atoms with van der Waals surface area (Å²) in [6.45, 7) is 0. The molecule has 2 nitrogen and oxygen atoms in total. The zero-order chi connectivity index (χ0) is 51.7. The van der Waals surface area contributed by atoms with Crippen LogP contribution in [0.3, 0.4) is 0 Å². The molecule has 0 saturated heterocycles. The van der Waals surface area contributed by atoms with E-state index in [-0.39, 0.29) is 38.3 Å². The number of halogens is 1. The molecule has 58 heavy (non-hydrogen) atoms. The van der Waals surface area contributed by atoms with Crippen LogP contribution in [0.4, 0.5) is 4.39 Å². The standard InChI is InChI=1S/C54H37FN2Si/c55-40-34-39(38-28-31-46(32-29-38)58(43-16-4-1-5-17-43,44-18-6-2-7-19-44)45-20-8-3-9-21-45)35-42(36-40)57-53-27-15-12-24-49(53)50-37-41(30-33-54(50)57)56-51-25-13-10-22-47(51)48-23-11-14-26-52(48)56/h1-37H/i10D,11D,12D,13D,14D,15D,22D,23D,24D,25D,26D,27D,30D,33D,37D. The highest BCUT2D eigenvalue weighted by atomic mass is 28.3. The number of fused-ring (bicyclic) bond motifs is 6. The highest BCUT2D eigenvalue weighted by Crippen LogP contribution is 2.37. The molecule has 2 heterocycles. The van der Waals surface area contributed by atoms with Crippen LogP contribution < -0.4 is 20.7 Å². The lowest BCUT2D eigenvalue weighted by atomic mass is 10.0. The molecule has 0 aliphatic rings. The SMILES string of the molecule is [2H]c1c([2H])c([2H])c2c(c1[2H])c1c([2H])c(-n3c4c([2H])c([2H])c([2H])c([2H])c4c4c([2H])c([2H])c([2H])c([2H])c43)c([2H])c([2H])c1n2-c1cc(F)cc(-c2ccc([Si](c3ccccc3)(c3ccccc3)c3ccccc3)cc2)c1. The van der Waals surface area contributed by atoms with Crippen molar-refractivity contribution in [2.45, 2.75) is 0 Å². The van der Waals surface area contributed by atoms with Crippen LogP contribution in [0.5, 0.6) is 0 Å². The summed E-state index contributed by atoms with van der Waals surface area (Å²) in [6.07, 6.45) is 0. The van der Waals surface area contributed by atoms with E-state index in [0.717, 1.165) is 31.4 Å². The molecule has 0 bridgehead atoms. The quantitative estimate of drug-likeness (QED) is 0.113. The molecule has 0 atom stereocenters. The molecule has 0 spiro atoms. The van der Waals surface area contributed by atoms with E-state index in [0.29, 0.717) is 11.1 Å². The first-order valence-electron chi connectivity index (χ1n) is 26.1. The summed E-state index contributed by atoms with van der Waals surface area (Å²) in [5.41, 5.74) is -0.958. The van der Waals surface area contributed by atoms with Gasteiger partial charge in [0.05, 0.1) is 42.6 Å². The Morgan fingerprint density at radius 3 is 1.33 bits per heavy atom. The van der Waals surface area contributed by atoms with E-state index in [9.17, 15) is 6.85 Å². The molecule has 0 aliphatic heterocycles. The maximum absolute atomic E-state index is 16.4. The second-order valence-electron chi connectivity index (χ2n) is 13.9. The van der Waals surface area contributed by atoms with E-state index in [1.165, 1.54) is 10.6 Å². The highest BCUT2D eigenvalue weighted by molar-refractivity contribution is 7.19. The van der Waals surface area contributed by atoms with Gasteiger partial charge in [0.25, 0.3) is 0 Å². The Labute approximate surface area is 358 Å². The van der Waals surface area contributed by atoms with Gasteiger partial charge in [0.15, 0.2) is 8.07 Å². The van der Waals surface area contributed by atoms with Crippen LogP contribution in [-0.4, -0.2) is 17.2 Å². The average Bonchev–Trinajstić information content (AvgIpc) is 3.96. The summed E-state index contributed by atoms with van der Waals surface area (Å²) in [6, 6.07) is 32.5. The van der Waals surface area contributed by atoms with Gasteiger partial charge in [0, 0.05) is 32.9 Å². The minimum atomic E-state index is -2.95. The van der Waals surface area contributed by atoms with Crippen molar-refractivity contribution in [1.82, 2.24) is 9.13 Å². The largest absolute Gasteiger partial charge is 0.309 e. The topological polar surface area (TPSA) is 9.86 Å². The zero-order valence-electron chi connectivity index (χ0n) is 45.5. The number of benzene rings is 9. The third kappa shape index (κ3) is 5.30. The number of para-hydroxylation sites is 3. The van der Waals surface area contributed by atoms with Gasteiger partial charge < -0.3 is 9.13 Å². The monoisotopic (exact) mass is 775 g/mol. The Morgan fingerprint density at radius 2 is 0.810 bits per heavy atom. The maximum Gasteiger partial charge on any atom is 0.179 e. The third-order valence-corrected chi connectivity index (χ3v) is 15.6. The number of rotatable bonds is 7. The molecule has 0 aliphatic carbocycles. The van der Waals surface area contributed by atoms with Crippen LogP contribution in [0.2, 0.25) is 0 Å².